The van der Waals surface area contributed by atoms with E-state index in [1.54, 1.807) is 29.8 Å². The molecule has 0 fully saturated rings. The normalized spacial score (nSPS) is 10.8. The Labute approximate surface area is 180 Å². The first-order valence-electron chi connectivity index (χ1n) is 9.36. The number of carbonyl (C=O) groups excluding carboxylic acids is 1. The smallest absolute Gasteiger partial charge is 0.262 e. The Hall–Kier alpha value is -3.72. The van der Waals surface area contributed by atoms with E-state index in [4.69, 9.17) is 9.47 Å². The van der Waals surface area contributed by atoms with Gasteiger partial charge in [-0.1, -0.05) is 18.2 Å². The van der Waals surface area contributed by atoms with Gasteiger partial charge in [0.1, 0.15) is 12.4 Å². The summed E-state index contributed by atoms with van der Waals surface area (Å²) in [6.45, 7) is 1.59. The molecular formula is C22H18FN3O4S. The minimum atomic E-state index is -0.541. The Bertz CT molecular complexity index is 1300. The van der Waals surface area contributed by atoms with Crippen LogP contribution < -0.4 is 20.3 Å². The van der Waals surface area contributed by atoms with Crippen LogP contribution in [0.2, 0.25) is 0 Å². The Morgan fingerprint density at radius 3 is 2.84 bits per heavy atom. The van der Waals surface area contributed by atoms with Crippen LogP contribution in [0.1, 0.15) is 11.3 Å². The molecule has 0 atom stereocenters. The molecule has 158 valence electrons. The van der Waals surface area contributed by atoms with Gasteiger partial charge < -0.3 is 14.8 Å². The quantitative estimate of drug-likeness (QED) is 0.474. The van der Waals surface area contributed by atoms with Crippen molar-refractivity contribution in [2.45, 2.75) is 13.5 Å². The van der Waals surface area contributed by atoms with E-state index in [9.17, 15) is 14.0 Å². The molecule has 31 heavy (non-hydrogen) atoms. The van der Waals surface area contributed by atoms with Crippen LogP contribution in [0.5, 0.6) is 11.5 Å². The summed E-state index contributed by atoms with van der Waals surface area (Å²) in [5.41, 5.74) is 1.65. The second-order valence-corrected chi connectivity index (χ2v) is 7.57. The first-order valence-corrected chi connectivity index (χ1v) is 10.2. The summed E-state index contributed by atoms with van der Waals surface area (Å²) in [6, 6.07) is 12.6. The third-order valence-electron chi connectivity index (χ3n) is 4.34. The second kappa shape index (κ2) is 8.97. The number of nitrogens with one attached hydrogen (secondary N) is 1. The number of fused-ring (bicyclic) bond motifs is 1. The topological polar surface area (TPSA) is 81.9 Å². The summed E-state index contributed by atoms with van der Waals surface area (Å²) in [6.07, 6.45) is 1.66. The summed E-state index contributed by atoms with van der Waals surface area (Å²) < 4.78 is 26.2. The van der Waals surface area contributed by atoms with E-state index >= 15 is 0 Å². The van der Waals surface area contributed by atoms with Crippen molar-refractivity contribution in [1.29, 1.82) is 0 Å². The van der Waals surface area contributed by atoms with Gasteiger partial charge in [0.2, 0.25) is 0 Å². The van der Waals surface area contributed by atoms with Crippen LogP contribution in [-0.4, -0.2) is 21.9 Å². The molecule has 0 aliphatic rings. The van der Waals surface area contributed by atoms with E-state index in [1.165, 1.54) is 40.0 Å². The number of ether oxygens (including phenoxy) is 2. The zero-order valence-corrected chi connectivity index (χ0v) is 17.3. The first kappa shape index (κ1) is 20.5. The molecule has 4 rings (SSSR count). The highest BCUT2D eigenvalue weighted by atomic mass is 32.1. The van der Waals surface area contributed by atoms with Crippen LogP contribution in [0.3, 0.4) is 0 Å². The summed E-state index contributed by atoms with van der Waals surface area (Å²) in [7, 11) is 0. The number of hydrogen-bond donors (Lipinski definition) is 1. The number of carbonyl (C=O) groups is 1. The maximum Gasteiger partial charge on any atom is 0.262 e. The molecule has 2 aromatic heterocycles. The van der Waals surface area contributed by atoms with Gasteiger partial charge >= 0.3 is 0 Å². The molecule has 9 heteroatoms. The summed E-state index contributed by atoms with van der Waals surface area (Å²) in [4.78, 5) is 29.4. The molecule has 0 aliphatic carbocycles. The molecular weight excluding hydrogens is 421 g/mol. The number of rotatable bonds is 7. The van der Waals surface area contributed by atoms with Gasteiger partial charge in [-0.15, -0.1) is 11.3 Å². The Kier molecular flexibility index (Phi) is 5.94. The van der Waals surface area contributed by atoms with Gasteiger partial charge in [0.05, 0.1) is 11.4 Å². The van der Waals surface area contributed by atoms with Gasteiger partial charge in [0.15, 0.2) is 23.1 Å². The van der Waals surface area contributed by atoms with E-state index in [-0.39, 0.29) is 24.5 Å². The van der Waals surface area contributed by atoms with Crippen LogP contribution in [0.15, 0.2) is 64.9 Å². The van der Waals surface area contributed by atoms with E-state index in [1.807, 2.05) is 13.0 Å². The van der Waals surface area contributed by atoms with Crippen LogP contribution in [0.4, 0.5) is 10.1 Å². The number of hydrogen-bond acceptors (Lipinski definition) is 6. The molecule has 0 saturated heterocycles. The highest BCUT2D eigenvalue weighted by Gasteiger charge is 2.12. The van der Waals surface area contributed by atoms with Crippen molar-refractivity contribution < 1.29 is 18.7 Å². The van der Waals surface area contributed by atoms with Crippen molar-refractivity contribution in [2.75, 3.05) is 11.9 Å². The Morgan fingerprint density at radius 1 is 1.16 bits per heavy atom. The van der Waals surface area contributed by atoms with Crippen LogP contribution >= 0.6 is 11.3 Å². The fourth-order valence-electron chi connectivity index (χ4n) is 2.86. The van der Waals surface area contributed by atoms with Crippen molar-refractivity contribution in [1.82, 2.24) is 9.38 Å². The standard InChI is InChI=1S/C22H18FN3O4S/c1-14-6-7-17(25-20(27)13-30-18-5-3-2-4-16(18)23)19(10-14)29-12-15-11-21(28)26-8-9-31-22(26)24-15/h2-11H,12-13H2,1H3,(H,25,27). The molecule has 7 nitrogen and oxygen atoms in total. The zero-order chi connectivity index (χ0) is 21.8. The molecule has 4 aromatic rings. The lowest BCUT2D eigenvalue weighted by Gasteiger charge is -2.14. The van der Waals surface area contributed by atoms with Crippen molar-refractivity contribution >= 4 is 27.9 Å². The van der Waals surface area contributed by atoms with Gasteiger partial charge in [0, 0.05) is 17.6 Å². The van der Waals surface area contributed by atoms with Gasteiger partial charge in [-0.25, -0.2) is 9.37 Å². The molecule has 0 spiro atoms. The Balaban J connectivity index is 1.44. The van der Waals surface area contributed by atoms with Crippen molar-refractivity contribution in [3.05, 3.63) is 87.5 Å². The number of amides is 1. The first-order chi connectivity index (χ1) is 15.0. The van der Waals surface area contributed by atoms with Gasteiger partial charge in [0.25, 0.3) is 11.5 Å². The Morgan fingerprint density at radius 2 is 2.00 bits per heavy atom. The number of para-hydroxylation sites is 1. The molecule has 1 N–H and O–H groups in total. The molecule has 0 saturated carbocycles. The van der Waals surface area contributed by atoms with Crippen LogP contribution in [0, 0.1) is 12.7 Å². The number of thiazole rings is 1. The van der Waals surface area contributed by atoms with Crippen LogP contribution in [-0.2, 0) is 11.4 Å². The lowest BCUT2D eigenvalue weighted by atomic mass is 10.2. The largest absolute Gasteiger partial charge is 0.485 e. The molecule has 0 radical (unpaired) electrons. The number of halogens is 1. The van der Waals surface area contributed by atoms with Crippen molar-refractivity contribution in [2.24, 2.45) is 0 Å². The average molecular weight is 439 g/mol. The molecule has 2 heterocycles. The average Bonchev–Trinajstić information content (AvgIpc) is 3.23. The fourth-order valence-corrected chi connectivity index (χ4v) is 3.60. The lowest BCUT2D eigenvalue weighted by Crippen LogP contribution is -2.21. The van der Waals surface area contributed by atoms with Crippen LogP contribution in [0.25, 0.3) is 4.96 Å². The second-order valence-electron chi connectivity index (χ2n) is 6.70. The minimum Gasteiger partial charge on any atom is -0.485 e. The monoisotopic (exact) mass is 439 g/mol. The van der Waals surface area contributed by atoms with Crippen molar-refractivity contribution in [3.63, 3.8) is 0 Å². The predicted molar refractivity (Wildman–Crippen MR) is 115 cm³/mol. The predicted octanol–water partition coefficient (Wildman–Crippen LogP) is 3.80. The number of anilines is 1. The number of nitrogens with zero attached hydrogens (tertiary/aromatic N) is 2. The minimum absolute atomic E-state index is 0.000592. The van der Waals surface area contributed by atoms with E-state index < -0.39 is 11.7 Å². The maximum absolute atomic E-state index is 13.6. The third kappa shape index (κ3) is 4.89. The van der Waals surface area contributed by atoms with Gasteiger partial charge in [-0.2, -0.15) is 0 Å². The van der Waals surface area contributed by atoms with Crippen molar-refractivity contribution in [3.8, 4) is 11.5 Å². The zero-order valence-electron chi connectivity index (χ0n) is 16.5. The maximum atomic E-state index is 13.6. The van der Waals surface area contributed by atoms with Gasteiger partial charge in [-0.3, -0.25) is 14.0 Å². The highest BCUT2D eigenvalue weighted by molar-refractivity contribution is 7.15. The van der Waals surface area contributed by atoms with Gasteiger partial charge in [-0.05, 0) is 36.8 Å². The highest BCUT2D eigenvalue weighted by Crippen LogP contribution is 2.27. The fraction of sp³-hybridized carbons (Fsp3) is 0.136. The summed E-state index contributed by atoms with van der Waals surface area (Å²) >= 11 is 1.35. The lowest BCUT2D eigenvalue weighted by molar-refractivity contribution is -0.118. The molecule has 2 aromatic carbocycles. The number of aryl methyl sites for hydroxylation is 1. The molecule has 0 aliphatic heterocycles. The molecule has 0 bridgehead atoms. The summed E-state index contributed by atoms with van der Waals surface area (Å²) in [5.74, 6) is -0.583. The molecule has 1 amide bonds. The summed E-state index contributed by atoms with van der Waals surface area (Å²) in [5, 5.41) is 4.49. The molecule has 0 unspecified atom stereocenters. The number of benzene rings is 2. The SMILES string of the molecule is Cc1ccc(NC(=O)COc2ccccc2F)c(OCc2cc(=O)n3ccsc3n2)c1. The number of aromatic nitrogens is 2. The van der Waals surface area contributed by atoms with E-state index in [2.05, 4.69) is 10.3 Å². The third-order valence-corrected chi connectivity index (χ3v) is 5.10. The van der Waals surface area contributed by atoms with E-state index in [0.717, 1.165) is 5.56 Å². The van der Waals surface area contributed by atoms with E-state index in [0.29, 0.717) is 22.1 Å².